The van der Waals surface area contributed by atoms with Crippen LogP contribution in [-0.2, 0) is 14.3 Å². The molecule has 9 nitrogen and oxygen atoms in total. The highest BCUT2D eigenvalue weighted by molar-refractivity contribution is 5.76. The molecule has 1 fully saturated rings. The molecular weight excluding hydrogens is 1110 g/mol. The molecule has 0 radical (unpaired) electrons. The van der Waals surface area contributed by atoms with Gasteiger partial charge in [-0.3, -0.25) is 4.79 Å². The van der Waals surface area contributed by atoms with Crippen LogP contribution in [0.4, 0.5) is 0 Å². The molecule has 1 rings (SSSR count). The van der Waals surface area contributed by atoms with Crippen LogP contribution in [0.1, 0.15) is 316 Å². The third kappa shape index (κ3) is 55.9. The fourth-order valence-corrected chi connectivity index (χ4v) is 11.1. The number of hydrogen-bond acceptors (Lipinski definition) is 8. The highest BCUT2D eigenvalue weighted by Gasteiger charge is 2.44. The maximum atomic E-state index is 13.1. The monoisotopic (exact) mass is 1250 g/mol. The number of nitrogens with one attached hydrogen (secondary N) is 1. The lowest BCUT2D eigenvalue weighted by atomic mass is 9.99. The number of rotatable bonds is 64. The van der Waals surface area contributed by atoms with Crippen LogP contribution in [0.15, 0.2) is 134 Å². The summed E-state index contributed by atoms with van der Waals surface area (Å²) in [5.41, 5.74) is 0. The van der Waals surface area contributed by atoms with E-state index in [4.69, 9.17) is 9.47 Å². The molecule has 9 heteroatoms. The lowest BCUT2D eigenvalue weighted by Crippen LogP contribution is -2.60. The summed E-state index contributed by atoms with van der Waals surface area (Å²) >= 11 is 0. The Balaban J connectivity index is 2.14. The van der Waals surface area contributed by atoms with Gasteiger partial charge in [-0.25, -0.2) is 0 Å². The zero-order chi connectivity index (χ0) is 64.9. The smallest absolute Gasteiger partial charge is 0.220 e. The summed E-state index contributed by atoms with van der Waals surface area (Å²) in [7, 11) is 0. The molecule has 6 N–H and O–H groups in total. The third-order valence-corrected chi connectivity index (χ3v) is 16.9. The molecule has 0 aliphatic carbocycles. The van der Waals surface area contributed by atoms with E-state index in [2.05, 4.69) is 141 Å². The molecule has 0 aromatic heterocycles. The van der Waals surface area contributed by atoms with Crippen molar-refractivity contribution in [1.82, 2.24) is 5.32 Å². The minimum Gasteiger partial charge on any atom is -0.394 e. The first-order chi connectivity index (χ1) is 44.3. The summed E-state index contributed by atoms with van der Waals surface area (Å²) in [5, 5.41) is 54.8. The zero-order valence-corrected chi connectivity index (χ0v) is 57.9. The molecule has 1 amide bonds. The third-order valence-electron chi connectivity index (χ3n) is 16.9. The Hall–Kier alpha value is -3.67. The van der Waals surface area contributed by atoms with Crippen molar-refractivity contribution in [3.8, 4) is 0 Å². The number of carbonyl (C=O) groups is 1. The van der Waals surface area contributed by atoms with Gasteiger partial charge in [0.25, 0.3) is 0 Å². The largest absolute Gasteiger partial charge is 0.394 e. The number of amides is 1. The molecule has 0 bridgehead atoms. The van der Waals surface area contributed by atoms with Crippen molar-refractivity contribution in [2.24, 2.45) is 0 Å². The molecule has 0 aromatic rings. The van der Waals surface area contributed by atoms with Gasteiger partial charge in [0.15, 0.2) is 6.29 Å². The Kier molecular flexibility index (Phi) is 63.9. The van der Waals surface area contributed by atoms with Crippen LogP contribution < -0.4 is 5.32 Å². The number of aliphatic hydroxyl groups excluding tert-OH is 5. The molecule has 1 aliphatic heterocycles. The topological polar surface area (TPSA) is 149 Å². The Morgan fingerprint density at radius 3 is 1.07 bits per heavy atom. The lowest BCUT2D eigenvalue weighted by molar-refractivity contribution is -0.302. The summed E-state index contributed by atoms with van der Waals surface area (Å²) < 4.78 is 11.3. The summed E-state index contributed by atoms with van der Waals surface area (Å²) in [6, 6.07) is -0.838. The van der Waals surface area contributed by atoms with Crippen LogP contribution in [-0.4, -0.2) is 87.5 Å². The number of allylic oxidation sites excluding steroid dienone is 21. The van der Waals surface area contributed by atoms with Crippen LogP contribution in [0, 0.1) is 0 Å². The Labute approximate surface area is 553 Å². The highest BCUT2D eigenvalue weighted by atomic mass is 16.7. The average Bonchev–Trinajstić information content (AvgIpc) is 2.75. The summed E-state index contributed by atoms with van der Waals surface area (Å²) in [6.45, 7) is 3.67. The molecule has 90 heavy (non-hydrogen) atoms. The standard InChI is InChI=1S/C81H139NO8/c1-3-5-7-9-11-13-15-17-19-21-23-25-27-29-31-33-34-35-36-37-38-39-40-41-42-43-45-47-49-51-53-55-57-59-61-63-65-67-69-71-77(85)82-74(73-89-81-80(88)79(87)78(86)76(72-83)90-81)75(84)70-68-66-64-62-60-58-56-54-52-50-48-46-44-32-30-28-26-24-22-20-18-16-14-12-10-8-6-4-2/h5,7,11,13,17,19,23,25,29,31,34-35,37-38,40-41,52,54,60,62,68,70,74-76,78-81,83-84,86-88H,3-4,6,8-10,12,14-16,18,20-22,24,26-28,30,32-33,36,39,42-51,53,55-59,61,63-67,69,71-73H2,1-2H3,(H,82,85)/b7-5-,13-11-,19-17-,25-23-,31-29-,35-34-,38-37-,41-40-,54-52+,62-60+,70-68+. The van der Waals surface area contributed by atoms with Gasteiger partial charge in [-0.15, -0.1) is 0 Å². The van der Waals surface area contributed by atoms with E-state index in [1.54, 1.807) is 6.08 Å². The zero-order valence-electron chi connectivity index (χ0n) is 57.9. The predicted octanol–water partition coefficient (Wildman–Crippen LogP) is 21.1. The Morgan fingerprint density at radius 2 is 0.700 bits per heavy atom. The molecule has 1 saturated heterocycles. The van der Waals surface area contributed by atoms with E-state index in [-0.39, 0.29) is 12.5 Å². The second-order valence-electron chi connectivity index (χ2n) is 25.3. The number of aliphatic hydroxyl groups is 5. The molecule has 7 atom stereocenters. The number of carbonyl (C=O) groups excluding carboxylic acids is 1. The molecule has 516 valence electrons. The SMILES string of the molecule is CC/C=C\C/C=C\C/C=C\C/C=C\C/C=C\C/C=C\C/C=C\C/C=C\CCCCCCCCCCCCCCCCC(=O)NC(COC1OC(CO)C(O)C(O)C1O)C(O)/C=C/CC/C=C/CC/C=C/CCCCCCCCCCCCCCCCCCCC. The van der Waals surface area contributed by atoms with E-state index in [0.29, 0.717) is 6.42 Å². The average molecular weight is 1260 g/mol. The lowest BCUT2D eigenvalue weighted by Gasteiger charge is -2.40. The van der Waals surface area contributed by atoms with Crippen molar-refractivity contribution in [1.29, 1.82) is 0 Å². The van der Waals surface area contributed by atoms with Crippen LogP contribution in [0.3, 0.4) is 0 Å². The summed E-state index contributed by atoms with van der Waals surface area (Å²) in [5.74, 6) is -0.193. The number of ether oxygens (including phenoxy) is 2. The second-order valence-corrected chi connectivity index (χ2v) is 25.3. The first-order valence-electron chi connectivity index (χ1n) is 37.4. The fourth-order valence-electron chi connectivity index (χ4n) is 11.1. The van der Waals surface area contributed by atoms with E-state index >= 15 is 0 Å². The van der Waals surface area contributed by atoms with Gasteiger partial charge >= 0.3 is 0 Å². The second kappa shape index (κ2) is 68.2. The summed E-state index contributed by atoms with van der Waals surface area (Å²) in [4.78, 5) is 13.1. The van der Waals surface area contributed by atoms with Crippen LogP contribution in [0.2, 0.25) is 0 Å². The minimum absolute atomic E-state index is 0.193. The minimum atomic E-state index is -1.58. The Bertz CT molecular complexity index is 1890. The first kappa shape index (κ1) is 84.3. The van der Waals surface area contributed by atoms with E-state index in [0.717, 1.165) is 96.3 Å². The molecule has 0 aromatic carbocycles. The number of hydrogen-bond donors (Lipinski definition) is 6. The maximum absolute atomic E-state index is 13.1. The quantitative estimate of drug-likeness (QED) is 0.0261. The van der Waals surface area contributed by atoms with Gasteiger partial charge in [0.2, 0.25) is 5.91 Å². The Morgan fingerprint density at radius 1 is 0.389 bits per heavy atom. The van der Waals surface area contributed by atoms with Crippen molar-refractivity contribution < 1.29 is 39.8 Å². The fraction of sp³-hybridized carbons (Fsp3) is 0.716. The van der Waals surface area contributed by atoms with Gasteiger partial charge in [0.1, 0.15) is 24.4 Å². The predicted molar refractivity (Wildman–Crippen MR) is 387 cm³/mol. The van der Waals surface area contributed by atoms with E-state index < -0.39 is 49.5 Å². The normalized spacial score (nSPS) is 18.6. The molecule has 7 unspecified atom stereocenters. The number of unbranched alkanes of at least 4 members (excludes halogenated alkanes) is 34. The van der Waals surface area contributed by atoms with Gasteiger partial charge in [0, 0.05) is 6.42 Å². The van der Waals surface area contributed by atoms with Gasteiger partial charge in [-0.2, -0.15) is 0 Å². The van der Waals surface area contributed by atoms with Crippen LogP contribution >= 0.6 is 0 Å². The van der Waals surface area contributed by atoms with Gasteiger partial charge in [-0.05, 0) is 109 Å². The van der Waals surface area contributed by atoms with Crippen LogP contribution in [0.5, 0.6) is 0 Å². The summed E-state index contributed by atoms with van der Waals surface area (Å²) in [6.07, 6.45) is 97.1. The van der Waals surface area contributed by atoms with Crippen LogP contribution in [0.25, 0.3) is 0 Å². The molecule has 1 heterocycles. The van der Waals surface area contributed by atoms with Crippen molar-refractivity contribution in [3.63, 3.8) is 0 Å². The highest BCUT2D eigenvalue weighted by Crippen LogP contribution is 2.23. The molecule has 0 spiro atoms. The van der Waals surface area contributed by atoms with Crippen molar-refractivity contribution in [3.05, 3.63) is 134 Å². The van der Waals surface area contributed by atoms with Gasteiger partial charge in [0.05, 0.1) is 25.4 Å². The van der Waals surface area contributed by atoms with Crippen molar-refractivity contribution in [2.45, 2.75) is 358 Å². The van der Waals surface area contributed by atoms with E-state index in [9.17, 15) is 30.3 Å². The van der Waals surface area contributed by atoms with Gasteiger partial charge in [-0.1, -0.05) is 334 Å². The molecule has 1 aliphatic rings. The van der Waals surface area contributed by atoms with Gasteiger partial charge < -0.3 is 40.3 Å². The van der Waals surface area contributed by atoms with Crippen molar-refractivity contribution >= 4 is 5.91 Å². The van der Waals surface area contributed by atoms with Crippen molar-refractivity contribution in [2.75, 3.05) is 13.2 Å². The molecular formula is C81H139NO8. The molecule has 0 saturated carbocycles. The van der Waals surface area contributed by atoms with E-state index in [1.807, 2.05) is 6.08 Å². The first-order valence-corrected chi connectivity index (χ1v) is 37.4. The van der Waals surface area contributed by atoms with E-state index in [1.165, 1.54) is 199 Å². The maximum Gasteiger partial charge on any atom is 0.220 e.